The van der Waals surface area contributed by atoms with Gasteiger partial charge in [-0.15, -0.1) is 0 Å². The maximum Gasteiger partial charge on any atom is 0.291 e. The van der Waals surface area contributed by atoms with Crippen molar-refractivity contribution in [2.45, 2.75) is 19.4 Å². The van der Waals surface area contributed by atoms with Crippen LogP contribution < -0.4 is 16.0 Å². The Morgan fingerprint density at radius 1 is 1.28 bits per heavy atom. The van der Waals surface area contributed by atoms with Gasteiger partial charge in [0.2, 0.25) is 5.91 Å². The average molecular weight is 343 g/mol. The highest BCUT2D eigenvalue weighted by atomic mass is 16.5. The number of benzene rings is 1. The summed E-state index contributed by atoms with van der Waals surface area (Å²) in [7, 11) is 0. The molecule has 1 unspecified atom stereocenters. The van der Waals surface area contributed by atoms with Crippen molar-refractivity contribution in [3.05, 3.63) is 47.9 Å². The number of hydrogen-bond acceptors (Lipinski definition) is 5. The van der Waals surface area contributed by atoms with E-state index in [0.29, 0.717) is 31.0 Å². The van der Waals surface area contributed by atoms with Crippen LogP contribution in [0, 0.1) is 6.92 Å². The van der Waals surface area contributed by atoms with Crippen LogP contribution in [0.1, 0.15) is 22.5 Å². The molecule has 0 radical (unpaired) electrons. The average Bonchev–Trinajstić information content (AvgIpc) is 3.13. The Hall–Kier alpha value is -2.64. The zero-order valence-electron chi connectivity index (χ0n) is 14.0. The number of morpholine rings is 1. The summed E-state index contributed by atoms with van der Waals surface area (Å²) in [5.41, 5.74) is 2.20. The molecule has 2 aromatic rings. The molecule has 2 amide bonds. The largest absolute Gasteiger partial charge is 0.459 e. The van der Waals surface area contributed by atoms with Gasteiger partial charge in [-0.3, -0.25) is 9.59 Å². The molecule has 3 rings (SSSR count). The van der Waals surface area contributed by atoms with Crippen LogP contribution in [0.25, 0.3) is 0 Å². The second-order valence-electron chi connectivity index (χ2n) is 5.94. The van der Waals surface area contributed by atoms with Crippen LogP contribution in [0.15, 0.2) is 41.0 Å². The summed E-state index contributed by atoms with van der Waals surface area (Å²) < 4.78 is 10.4. The fraction of sp³-hybridized carbons (Fsp3) is 0.333. The quantitative estimate of drug-likeness (QED) is 0.774. The van der Waals surface area contributed by atoms with E-state index in [1.165, 1.54) is 6.26 Å². The van der Waals surface area contributed by atoms with E-state index in [-0.39, 0.29) is 23.6 Å². The van der Waals surface area contributed by atoms with Crippen molar-refractivity contribution in [1.29, 1.82) is 0 Å². The summed E-state index contributed by atoms with van der Waals surface area (Å²) in [6, 6.07) is 8.64. The fourth-order valence-corrected chi connectivity index (χ4v) is 2.66. The van der Waals surface area contributed by atoms with Gasteiger partial charge in [0.15, 0.2) is 5.76 Å². The van der Waals surface area contributed by atoms with E-state index >= 15 is 0 Å². The van der Waals surface area contributed by atoms with Crippen molar-refractivity contribution in [3.8, 4) is 0 Å². The molecule has 0 aliphatic carbocycles. The summed E-state index contributed by atoms with van der Waals surface area (Å²) in [6.07, 6.45) is 1.81. The van der Waals surface area contributed by atoms with Gasteiger partial charge >= 0.3 is 0 Å². The molecule has 1 fully saturated rings. The molecule has 1 aromatic carbocycles. The molecule has 0 spiro atoms. The first-order chi connectivity index (χ1) is 12.1. The number of hydrogen-bond donors (Lipinski definition) is 3. The van der Waals surface area contributed by atoms with Gasteiger partial charge in [0.25, 0.3) is 5.91 Å². The zero-order valence-corrected chi connectivity index (χ0v) is 14.0. The normalized spacial score (nSPS) is 17.1. The number of rotatable bonds is 5. The Kier molecular flexibility index (Phi) is 5.47. The van der Waals surface area contributed by atoms with Crippen LogP contribution in [0.5, 0.6) is 0 Å². The lowest BCUT2D eigenvalue weighted by Gasteiger charge is -2.23. The van der Waals surface area contributed by atoms with Crippen molar-refractivity contribution in [3.63, 3.8) is 0 Å². The minimum absolute atomic E-state index is 0.0432. The molecule has 25 heavy (non-hydrogen) atoms. The number of anilines is 2. The predicted molar refractivity (Wildman–Crippen MR) is 93.7 cm³/mol. The molecule has 1 atom stereocenters. The number of aryl methyl sites for hydroxylation is 1. The first kappa shape index (κ1) is 17.2. The topological polar surface area (TPSA) is 92.6 Å². The first-order valence-electron chi connectivity index (χ1n) is 8.18. The Balaban J connectivity index is 1.57. The third-order valence-corrected chi connectivity index (χ3v) is 3.93. The van der Waals surface area contributed by atoms with Crippen molar-refractivity contribution in [2.75, 3.05) is 30.4 Å². The predicted octanol–water partition coefficient (Wildman–Crippen LogP) is 2.16. The standard InChI is InChI=1S/C18H21N3O4/c1-12-9-13(20-17(22)10-14-11-24-8-6-19-14)4-5-15(12)21-18(23)16-3-2-7-25-16/h2-5,7,9,14,19H,6,8,10-11H2,1H3,(H,20,22)(H,21,23). The van der Waals surface area contributed by atoms with Gasteiger partial charge < -0.3 is 25.1 Å². The second kappa shape index (κ2) is 7.96. The molecular formula is C18H21N3O4. The molecule has 132 valence electrons. The number of nitrogens with one attached hydrogen (secondary N) is 3. The SMILES string of the molecule is Cc1cc(NC(=O)CC2COCCN2)ccc1NC(=O)c1ccco1. The number of furan rings is 1. The lowest BCUT2D eigenvalue weighted by atomic mass is 10.1. The summed E-state index contributed by atoms with van der Waals surface area (Å²) in [5, 5.41) is 8.91. The van der Waals surface area contributed by atoms with Crippen molar-refractivity contribution in [2.24, 2.45) is 0 Å². The van der Waals surface area contributed by atoms with E-state index in [4.69, 9.17) is 9.15 Å². The summed E-state index contributed by atoms with van der Waals surface area (Å²) in [6.45, 7) is 3.86. The van der Waals surface area contributed by atoms with Crippen LogP contribution in [-0.4, -0.2) is 37.6 Å². The highest BCUT2D eigenvalue weighted by Gasteiger charge is 2.17. The Morgan fingerprint density at radius 2 is 2.16 bits per heavy atom. The van der Waals surface area contributed by atoms with Gasteiger partial charge in [0.1, 0.15) is 0 Å². The van der Waals surface area contributed by atoms with Crippen molar-refractivity contribution >= 4 is 23.2 Å². The number of ether oxygens (including phenoxy) is 1. The summed E-state index contributed by atoms with van der Waals surface area (Å²) in [5.74, 6) is -0.137. The van der Waals surface area contributed by atoms with Crippen molar-refractivity contribution < 1.29 is 18.7 Å². The van der Waals surface area contributed by atoms with Crippen LogP contribution >= 0.6 is 0 Å². The Morgan fingerprint density at radius 3 is 2.84 bits per heavy atom. The van der Waals surface area contributed by atoms with Crippen LogP contribution in [0.2, 0.25) is 0 Å². The molecule has 1 aromatic heterocycles. The van der Waals surface area contributed by atoms with Gasteiger partial charge in [-0.05, 0) is 42.8 Å². The molecule has 1 aliphatic heterocycles. The molecule has 0 saturated carbocycles. The highest BCUT2D eigenvalue weighted by Crippen LogP contribution is 2.21. The molecular weight excluding hydrogens is 322 g/mol. The van der Waals surface area contributed by atoms with Gasteiger partial charge in [0, 0.05) is 30.4 Å². The monoisotopic (exact) mass is 343 g/mol. The zero-order chi connectivity index (χ0) is 17.6. The smallest absolute Gasteiger partial charge is 0.291 e. The second-order valence-corrected chi connectivity index (χ2v) is 5.94. The molecule has 1 saturated heterocycles. The third-order valence-electron chi connectivity index (χ3n) is 3.93. The van der Waals surface area contributed by atoms with E-state index in [2.05, 4.69) is 16.0 Å². The highest BCUT2D eigenvalue weighted by molar-refractivity contribution is 6.03. The molecule has 7 heteroatoms. The van der Waals surface area contributed by atoms with Gasteiger partial charge in [0.05, 0.1) is 19.5 Å². The van der Waals surface area contributed by atoms with Crippen molar-refractivity contribution in [1.82, 2.24) is 5.32 Å². The minimum atomic E-state index is -0.312. The van der Waals surface area contributed by atoms with Gasteiger partial charge in [-0.2, -0.15) is 0 Å². The molecule has 7 nitrogen and oxygen atoms in total. The van der Waals surface area contributed by atoms with E-state index < -0.39 is 0 Å². The van der Waals surface area contributed by atoms with E-state index in [0.717, 1.165) is 12.1 Å². The lowest BCUT2D eigenvalue weighted by Crippen LogP contribution is -2.43. The maximum absolute atomic E-state index is 12.1. The number of carbonyl (C=O) groups is 2. The third kappa shape index (κ3) is 4.68. The van der Waals surface area contributed by atoms with Gasteiger partial charge in [-0.1, -0.05) is 0 Å². The van der Waals surface area contributed by atoms with E-state index in [9.17, 15) is 9.59 Å². The van der Waals surface area contributed by atoms with Gasteiger partial charge in [-0.25, -0.2) is 0 Å². The fourth-order valence-electron chi connectivity index (χ4n) is 2.66. The summed E-state index contributed by atoms with van der Waals surface area (Å²) >= 11 is 0. The molecule has 0 bridgehead atoms. The summed E-state index contributed by atoms with van der Waals surface area (Å²) in [4.78, 5) is 24.1. The minimum Gasteiger partial charge on any atom is -0.459 e. The van der Waals surface area contributed by atoms with E-state index in [1.807, 2.05) is 13.0 Å². The molecule has 1 aliphatic rings. The maximum atomic E-state index is 12.1. The Labute approximate surface area is 145 Å². The first-order valence-corrected chi connectivity index (χ1v) is 8.18. The molecule has 3 N–H and O–H groups in total. The number of amides is 2. The van der Waals surface area contributed by atoms with Crippen LogP contribution in [0.4, 0.5) is 11.4 Å². The Bertz CT molecular complexity index is 737. The lowest BCUT2D eigenvalue weighted by molar-refractivity contribution is -0.117. The van der Waals surface area contributed by atoms with Crippen LogP contribution in [0.3, 0.4) is 0 Å². The van der Waals surface area contributed by atoms with Crippen LogP contribution in [-0.2, 0) is 9.53 Å². The number of carbonyl (C=O) groups excluding carboxylic acids is 2. The molecule has 2 heterocycles. The van der Waals surface area contributed by atoms with E-state index in [1.54, 1.807) is 24.3 Å².